The van der Waals surface area contributed by atoms with Crippen molar-refractivity contribution in [3.63, 3.8) is 0 Å². The Bertz CT molecular complexity index is 1160. The quantitative estimate of drug-likeness (QED) is 0.584. The van der Waals surface area contributed by atoms with Crippen molar-refractivity contribution in [2.24, 2.45) is 5.92 Å². The summed E-state index contributed by atoms with van der Waals surface area (Å²) in [5, 5.41) is 10.2. The van der Waals surface area contributed by atoms with E-state index in [4.69, 9.17) is 4.74 Å². The van der Waals surface area contributed by atoms with E-state index in [0.29, 0.717) is 31.6 Å². The highest BCUT2D eigenvalue weighted by atomic mass is 19.1. The van der Waals surface area contributed by atoms with Gasteiger partial charge < -0.3 is 14.4 Å². The number of aryl methyl sites for hydroxylation is 1. The van der Waals surface area contributed by atoms with Gasteiger partial charge in [0.05, 0.1) is 11.4 Å². The second kappa shape index (κ2) is 7.75. The fourth-order valence-corrected chi connectivity index (χ4v) is 5.21. The molecule has 2 heterocycles. The Balaban J connectivity index is 1.76. The number of nitrogens with zero attached hydrogens (tertiary/aromatic N) is 1. The number of halogens is 2. The molecule has 31 heavy (non-hydrogen) atoms. The third kappa shape index (κ3) is 3.43. The third-order valence-corrected chi connectivity index (χ3v) is 6.91. The molecule has 6 heteroatoms. The van der Waals surface area contributed by atoms with Crippen molar-refractivity contribution in [3.8, 4) is 5.69 Å². The minimum atomic E-state index is -0.770. The van der Waals surface area contributed by atoms with Gasteiger partial charge in [0.15, 0.2) is 0 Å². The van der Waals surface area contributed by atoms with Gasteiger partial charge >= 0.3 is 5.97 Å². The maximum Gasteiger partial charge on any atom is 0.306 e. The first-order valence-electron chi connectivity index (χ1n) is 10.8. The average Bonchev–Trinajstić information content (AvgIpc) is 3.03. The van der Waals surface area contributed by atoms with Crippen LogP contribution in [-0.2, 0) is 9.53 Å². The number of hydrogen-bond donors (Lipinski definition) is 1. The first-order valence-corrected chi connectivity index (χ1v) is 10.8. The second-order valence-electron chi connectivity index (χ2n) is 8.82. The van der Waals surface area contributed by atoms with E-state index in [2.05, 4.69) is 4.57 Å². The van der Waals surface area contributed by atoms with Gasteiger partial charge in [-0.3, -0.25) is 4.79 Å². The SMILES string of the molecule is Cc1cc(-n2c(C3CCOCC3)c([C@H]3C[C@H](C(=O)O)C3)c3cc(F)ccc32)ccc1F. The van der Waals surface area contributed by atoms with Crippen molar-refractivity contribution in [1.29, 1.82) is 0 Å². The summed E-state index contributed by atoms with van der Waals surface area (Å²) in [5.74, 6) is -1.41. The van der Waals surface area contributed by atoms with E-state index in [0.717, 1.165) is 40.7 Å². The van der Waals surface area contributed by atoms with Gasteiger partial charge in [0.1, 0.15) is 11.6 Å². The van der Waals surface area contributed by atoms with E-state index >= 15 is 0 Å². The second-order valence-corrected chi connectivity index (χ2v) is 8.82. The van der Waals surface area contributed by atoms with Gasteiger partial charge in [0, 0.05) is 35.9 Å². The van der Waals surface area contributed by atoms with Gasteiger partial charge in [-0.25, -0.2) is 8.78 Å². The molecule has 0 radical (unpaired) electrons. The summed E-state index contributed by atoms with van der Waals surface area (Å²) in [4.78, 5) is 11.4. The molecule has 0 atom stereocenters. The molecule has 1 aliphatic heterocycles. The van der Waals surface area contributed by atoms with E-state index in [1.807, 2.05) is 6.07 Å². The molecule has 0 bridgehead atoms. The predicted octanol–water partition coefficient (Wildman–Crippen LogP) is 5.69. The summed E-state index contributed by atoms with van der Waals surface area (Å²) in [5.41, 5.74) is 4.43. The Morgan fingerprint density at radius 2 is 1.81 bits per heavy atom. The number of hydrogen-bond acceptors (Lipinski definition) is 2. The molecule has 1 saturated heterocycles. The van der Waals surface area contributed by atoms with Gasteiger partial charge in [-0.15, -0.1) is 0 Å². The number of fused-ring (bicyclic) bond motifs is 1. The lowest BCUT2D eigenvalue weighted by molar-refractivity contribution is -0.145. The molecule has 0 amide bonds. The van der Waals surface area contributed by atoms with E-state index in [1.54, 1.807) is 25.1 Å². The van der Waals surface area contributed by atoms with Crippen LogP contribution in [0.15, 0.2) is 36.4 Å². The highest BCUT2D eigenvalue weighted by Crippen LogP contribution is 2.50. The summed E-state index contributed by atoms with van der Waals surface area (Å²) in [7, 11) is 0. The molecule has 4 nitrogen and oxygen atoms in total. The van der Waals surface area contributed by atoms with E-state index in [-0.39, 0.29) is 29.4 Å². The standard InChI is InChI=1S/C25H25F2NO3/c1-14-10-19(3-4-21(14)27)28-22-5-2-18(26)13-20(22)23(16-11-17(12-16)25(29)30)24(28)15-6-8-31-9-7-15/h2-5,10,13,15-17H,6-9,11-12H2,1H3,(H,29,30)/t16-,17-. The molecule has 0 spiro atoms. The molecule has 2 aromatic carbocycles. The Morgan fingerprint density at radius 3 is 2.48 bits per heavy atom. The first kappa shape index (κ1) is 20.2. The lowest BCUT2D eigenvalue weighted by Crippen LogP contribution is -2.30. The van der Waals surface area contributed by atoms with Crippen LogP contribution in [0.4, 0.5) is 8.78 Å². The molecule has 3 aromatic rings. The van der Waals surface area contributed by atoms with Gasteiger partial charge in [-0.1, -0.05) is 0 Å². The number of carboxylic acid groups (broad SMARTS) is 1. The van der Waals surface area contributed by atoms with Crippen LogP contribution in [0.5, 0.6) is 0 Å². The van der Waals surface area contributed by atoms with Crippen LogP contribution in [0.25, 0.3) is 16.6 Å². The summed E-state index contributed by atoms with van der Waals surface area (Å²) in [6, 6.07) is 9.85. The molecule has 0 unspecified atom stereocenters. The normalized spacial score (nSPS) is 21.9. The molecule has 1 aliphatic carbocycles. The number of rotatable bonds is 4. The molecule has 2 aliphatic rings. The van der Waals surface area contributed by atoms with Gasteiger partial charge in [-0.2, -0.15) is 0 Å². The molecule has 162 valence electrons. The van der Waals surface area contributed by atoms with Crippen molar-refractivity contribution >= 4 is 16.9 Å². The third-order valence-electron chi connectivity index (χ3n) is 6.91. The van der Waals surface area contributed by atoms with Gasteiger partial charge in [-0.05, 0) is 86.1 Å². The number of aromatic nitrogens is 1. The zero-order valence-corrected chi connectivity index (χ0v) is 17.4. The highest BCUT2D eigenvalue weighted by molar-refractivity contribution is 5.89. The number of ether oxygens (including phenoxy) is 1. The molecule has 5 rings (SSSR count). The molecule has 1 aromatic heterocycles. The zero-order chi connectivity index (χ0) is 21.7. The smallest absolute Gasteiger partial charge is 0.306 e. The van der Waals surface area contributed by atoms with E-state index in [1.165, 1.54) is 12.1 Å². The fraction of sp³-hybridized carbons (Fsp3) is 0.400. The summed E-state index contributed by atoms with van der Waals surface area (Å²) in [6.07, 6.45) is 2.81. The van der Waals surface area contributed by atoms with Crippen molar-refractivity contribution in [3.05, 3.63) is 64.9 Å². The Morgan fingerprint density at radius 1 is 1.06 bits per heavy atom. The summed E-state index contributed by atoms with van der Waals surface area (Å²) in [6.45, 7) is 3.05. The number of carbonyl (C=O) groups is 1. The molecular formula is C25H25F2NO3. The minimum Gasteiger partial charge on any atom is -0.481 e. The van der Waals surface area contributed by atoms with Gasteiger partial charge in [0.25, 0.3) is 0 Å². The molecular weight excluding hydrogens is 400 g/mol. The molecule has 2 fully saturated rings. The van der Waals surface area contributed by atoms with Crippen LogP contribution in [0.3, 0.4) is 0 Å². The monoisotopic (exact) mass is 425 g/mol. The van der Waals surface area contributed by atoms with Crippen LogP contribution in [0.1, 0.15) is 54.3 Å². The van der Waals surface area contributed by atoms with E-state index in [9.17, 15) is 18.7 Å². The van der Waals surface area contributed by atoms with Crippen LogP contribution in [-0.4, -0.2) is 28.9 Å². The molecule has 1 saturated carbocycles. The largest absolute Gasteiger partial charge is 0.481 e. The van der Waals surface area contributed by atoms with Crippen molar-refractivity contribution in [2.45, 2.75) is 44.4 Å². The number of aliphatic carboxylic acids is 1. The number of benzene rings is 2. The summed E-state index contributed by atoms with van der Waals surface area (Å²) >= 11 is 0. The Labute approximate surface area is 179 Å². The van der Waals surface area contributed by atoms with Crippen molar-refractivity contribution < 1.29 is 23.4 Å². The lowest BCUT2D eigenvalue weighted by Gasteiger charge is -2.35. The summed E-state index contributed by atoms with van der Waals surface area (Å²) < 4.78 is 36.1. The highest BCUT2D eigenvalue weighted by Gasteiger charge is 2.40. The van der Waals surface area contributed by atoms with Crippen LogP contribution in [0.2, 0.25) is 0 Å². The Hall–Kier alpha value is -2.73. The van der Waals surface area contributed by atoms with Crippen LogP contribution < -0.4 is 0 Å². The van der Waals surface area contributed by atoms with Gasteiger partial charge in [0.2, 0.25) is 0 Å². The maximum atomic E-state index is 14.3. The topological polar surface area (TPSA) is 51.5 Å². The predicted molar refractivity (Wildman–Crippen MR) is 114 cm³/mol. The zero-order valence-electron chi connectivity index (χ0n) is 17.4. The fourth-order valence-electron chi connectivity index (χ4n) is 5.21. The molecule has 1 N–H and O–H groups in total. The lowest BCUT2D eigenvalue weighted by atomic mass is 9.69. The maximum absolute atomic E-state index is 14.3. The Kier molecular flexibility index (Phi) is 5.05. The van der Waals surface area contributed by atoms with Crippen molar-refractivity contribution in [1.82, 2.24) is 4.57 Å². The first-order chi connectivity index (χ1) is 14.9. The van der Waals surface area contributed by atoms with Crippen molar-refractivity contribution in [2.75, 3.05) is 13.2 Å². The average molecular weight is 425 g/mol. The van der Waals surface area contributed by atoms with E-state index < -0.39 is 5.97 Å². The van der Waals surface area contributed by atoms with Crippen LogP contribution >= 0.6 is 0 Å². The minimum absolute atomic E-state index is 0.0750. The number of carboxylic acids is 1. The van der Waals surface area contributed by atoms with Crippen LogP contribution in [0, 0.1) is 24.5 Å².